The Morgan fingerprint density at radius 2 is 1.55 bits per heavy atom. The highest BCUT2D eigenvalue weighted by Gasteiger charge is 2.10. The number of aromatic nitrogens is 1. The Labute approximate surface area is 167 Å². The molecule has 0 bridgehead atoms. The van der Waals surface area contributed by atoms with Crippen molar-refractivity contribution in [2.75, 3.05) is 10.6 Å². The Bertz CT molecular complexity index is 1100. The zero-order chi connectivity index (χ0) is 20.1. The molecule has 4 aromatic rings. The summed E-state index contributed by atoms with van der Waals surface area (Å²) >= 11 is 0. The van der Waals surface area contributed by atoms with E-state index in [9.17, 15) is 9.59 Å². The number of amides is 2. The molecule has 2 amide bonds. The molecule has 2 aromatic carbocycles. The summed E-state index contributed by atoms with van der Waals surface area (Å²) in [5, 5.41) is 5.60. The topological polar surface area (TPSA) is 76.3 Å². The van der Waals surface area contributed by atoms with Crippen molar-refractivity contribution >= 4 is 23.2 Å². The van der Waals surface area contributed by atoms with Gasteiger partial charge in [0.25, 0.3) is 5.91 Å². The Balaban J connectivity index is 1.36. The summed E-state index contributed by atoms with van der Waals surface area (Å²) in [5.74, 6) is -0.253. The summed E-state index contributed by atoms with van der Waals surface area (Å²) in [7, 11) is 0. The molecule has 0 unspecified atom stereocenters. The second-order valence-corrected chi connectivity index (χ2v) is 6.49. The van der Waals surface area contributed by atoms with Gasteiger partial charge in [-0.05, 0) is 60.2 Å². The van der Waals surface area contributed by atoms with Crippen LogP contribution in [0.3, 0.4) is 0 Å². The maximum Gasteiger partial charge on any atom is 0.291 e. The van der Waals surface area contributed by atoms with E-state index in [4.69, 9.17) is 4.42 Å². The standard InChI is InChI=1S/C23H19N3O3/c27-22(15-17-8-10-20(11-9-17)26-12-1-2-13-26)24-18-5-3-6-19(16-18)25-23(28)21-7-4-14-29-21/h1-14,16H,15H2,(H,24,27)(H,25,28). The number of rotatable bonds is 6. The molecular formula is C23H19N3O3. The SMILES string of the molecule is O=C(Cc1ccc(-n2cccc2)cc1)Nc1cccc(NC(=O)c2ccco2)c1. The van der Waals surface area contributed by atoms with Gasteiger partial charge in [0.1, 0.15) is 0 Å². The lowest BCUT2D eigenvalue weighted by atomic mass is 10.1. The summed E-state index contributed by atoms with van der Waals surface area (Å²) < 4.78 is 7.08. The zero-order valence-corrected chi connectivity index (χ0v) is 15.5. The van der Waals surface area contributed by atoms with E-state index in [2.05, 4.69) is 10.6 Å². The van der Waals surface area contributed by atoms with Gasteiger partial charge in [0, 0.05) is 29.5 Å². The lowest BCUT2D eigenvalue weighted by Crippen LogP contribution is -2.15. The van der Waals surface area contributed by atoms with E-state index < -0.39 is 0 Å². The van der Waals surface area contributed by atoms with Crippen LogP contribution in [0.4, 0.5) is 11.4 Å². The van der Waals surface area contributed by atoms with Crippen molar-refractivity contribution in [3.8, 4) is 5.69 Å². The zero-order valence-electron chi connectivity index (χ0n) is 15.5. The molecular weight excluding hydrogens is 366 g/mol. The molecule has 0 aliphatic carbocycles. The van der Waals surface area contributed by atoms with Crippen molar-refractivity contribution in [1.82, 2.24) is 4.57 Å². The number of carbonyl (C=O) groups is 2. The van der Waals surface area contributed by atoms with E-state index in [1.165, 1.54) is 6.26 Å². The third-order valence-electron chi connectivity index (χ3n) is 4.35. The molecule has 0 spiro atoms. The van der Waals surface area contributed by atoms with Crippen molar-refractivity contribution in [1.29, 1.82) is 0 Å². The van der Waals surface area contributed by atoms with E-state index in [0.717, 1.165) is 11.3 Å². The number of benzene rings is 2. The first-order valence-corrected chi connectivity index (χ1v) is 9.14. The van der Waals surface area contributed by atoms with Crippen LogP contribution < -0.4 is 10.6 Å². The lowest BCUT2D eigenvalue weighted by molar-refractivity contribution is -0.115. The van der Waals surface area contributed by atoms with Crippen LogP contribution in [0.25, 0.3) is 5.69 Å². The van der Waals surface area contributed by atoms with Gasteiger partial charge < -0.3 is 19.6 Å². The van der Waals surface area contributed by atoms with Gasteiger partial charge in [0.05, 0.1) is 12.7 Å². The highest BCUT2D eigenvalue weighted by atomic mass is 16.3. The largest absolute Gasteiger partial charge is 0.459 e. The molecule has 144 valence electrons. The monoisotopic (exact) mass is 385 g/mol. The Hall–Kier alpha value is -4.06. The van der Waals surface area contributed by atoms with E-state index in [-0.39, 0.29) is 24.0 Å². The summed E-state index contributed by atoms with van der Waals surface area (Å²) in [5.41, 5.74) is 3.14. The number of furan rings is 1. The Morgan fingerprint density at radius 1 is 0.828 bits per heavy atom. The second-order valence-electron chi connectivity index (χ2n) is 6.49. The number of anilines is 2. The molecule has 0 aliphatic rings. The van der Waals surface area contributed by atoms with Crippen LogP contribution in [0, 0.1) is 0 Å². The Kier molecular flexibility index (Phi) is 5.25. The minimum atomic E-state index is -0.346. The molecule has 0 fully saturated rings. The van der Waals surface area contributed by atoms with E-state index in [1.807, 2.05) is 53.4 Å². The van der Waals surface area contributed by atoms with Crippen molar-refractivity contribution < 1.29 is 14.0 Å². The number of nitrogens with one attached hydrogen (secondary N) is 2. The van der Waals surface area contributed by atoms with Gasteiger partial charge in [-0.3, -0.25) is 9.59 Å². The molecule has 29 heavy (non-hydrogen) atoms. The molecule has 2 aromatic heterocycles. The third-order valence-corrected chi connectivity index (χ3v) is 4.35. The predicted octanol–water partition coefficient (Wildman–Crippen LogP) is 4.50. The minimum absolute atomic E-state index is 0.131. The number of nitrogens with zero attached hydrogens (tertiary/aromatic N) is 1. The van der Waals surface area contributed by atoms with E-state index in [0.29, 0.717) is 11.4 Å². The Morgan fingerprint density at radius 3 is 2.24 bits per heavy atom. The highest BCUT2D eigenvalue weighted by molar-refractivity contribution is 6.02. The molecule has 4 rings (SSSR count). The molecule has 0 saturated carbocycles. The van der Waals surface area contributed by atoms with Crippen molar-refractivity contribution in [2.45, 2.75) is 6.42 Å². The van der Waals surface area contributed by atoms with Gasteiger partial charge >= 0.3 is 0 Å². The quantitative estimate of drug-likeness (QED) is 0.513. The molecule has 6 nitrogen and oxygen atoms in total. The van der Waals surface area contributed by atoms with Crippen LogP contribution in [0.2, 0.25) is 0 Å². The average molecular weight is 385 g/mol. The molecule has 0 radical (unpaired) electrons. The van der Waals surface area contributed by atoms with Gasteiger partial charge in [-0.1, -0.05) is 18.2 Å². The van der Waals surface area contributed by atoms with Gasteiger partial charge in [-0.15, -0.1) is 0 Å². The van der Waals surface area contributed by atoms with E-state index >= 15 is 0 Å². The molecule has 0 atom stereocenters. The van der Waals surface area contributed by atoms with Crippen LogP contribution >= 0.6 is 0 Å². The fraction of sp³-hybridized carbons (Fsp3) is 0.0435. The number of hydrogen-bond donors (Lipinski definition) is 2. The minimum Gasteiger partial charge on any atom is -0.459 e. The van der Waals surface area contributed by atoms with Crippen LogP contribution in [-0.2, 0) is 11.2 Å². The van der Waals surface area contributed by atoms with Crippen LogP contribution in [0.1, 0.15) is 16.1 Å². The van der Waals surface area contributed by atoms with Gasteiger partial charge in [0.2, 0.25) is 5.91 Å². The molecule has 0 aliphatic heterocycles. The summed E-state index contributed by atoms with van der Waals surface area (Å²) in [4.78, 5) is 24.5. The van der Waals surface area contributed by atoms with Crippen LogP contribution in [0.5, 0.6) is 0 Å². The summed E-state index contributed by atoms with van der Waals surface area (Å²) in [6, 6.07) is 22.0. The normalized spacial score (nSPS) is 10.5. The average Bonchev–Trinajstić information content (AvgIpc) is 3.43. The maximum absolute atomic E-state index is 12.4. The molecule has 6 heteroatoms. The lowest BCUT2D eigenvalue weighted by Gasteiger charge is -2.09. The number of carbonyl (C=O) groups excluding carboxylic acids is 2. The van der Waals surface area contributed by atoms with Crippen molar-refractivity contribution in [3.63, 3.8) is 0 Å². The summed E-state index contributed by atoms with van der Waals surface area (Å²) in [6.07, 6.45) is 5.64. The van der Waals surface area contributed by atoms with Gasteiger partial charge in [-0.2, -0.15) is 0 Å². The maximum atomic E-state index is 12.4. The first-order valence-electron chi connectivity index (χ1n) is 9.14. The van der Waals surface area contributed by atoms with Crippen LogP contribution in [-0.4, -0.2) is 16.4 Å². The number of hydrogen-bond acceptors (Lipinski definition) is 3. The van der Waals surface area contributed by atoms with Gasteiger partial charge in [-0.25, -0.2) is 0 Å². The van der Waals surface area contributed by atoms with Gasteiger partial charge in [0.15, 0.2) is 5.76 Å². The fourth-order valence-corrected chi connectivity index (χ4v) is 2.96. The molecule has 2 heterocycles. The first kappa shape index (κ1) is 18.3. The smallest absolute Gasteiger partial charge is 0.291 e. The second kappa shape index (κ2) is 8.31. The highest BCUT2D eigenvalue weighted by Crippen LogP contribution is 2.17. The first-order chi connectivity index (χ1) is 14.2. The molecule has 2 N–H and O–H groups in total. The summed E-state index contributed by atoms with van der Waals surface area (Å²) in [6.45, 7) is 0. The van der Waals surface area contributed by atoms with Crippen LogP contribution in [0.15, 0.2) is 95.9 Å². The third kappa shape index (κ3) is 4.62. The molecule has 0 saturated heterocycles. The van der Waals surface area contributed by atoms with Crippen molar-refractivity contribution in [3.05, 3.63) is 103 Å². The van der Waals surface area contributed by atoms with Crippen molar-refractivity contribution in [2.24, 2.45) is 0 Å². The predicted molar refractivity (Wildman–Crippen MR) is 111 cm³/mol. The fourth-order valence-electron chi connectivity index (χ4n) is 2.96. The van der Waals surface area contributed by atoms with E-state index in [1.54, 1.807) is 36.4 Å².